The average Bonchev–Trinajstić information content (AvgIpc) is 3.33. The van der Waals surface area contributed by atoms with Gasteiger partial charge < -0.3 is 10.2 Å². The maximum absolute atomic E-state index is 12.5. The van der Waals surface area contributed by atoms with Gasteiger partial charge in [-0.05, 0) is 56.5 Å². The first kappa shape index (κ1) is 21.0. The molecule has 1 N–H and O–H groups in total. The van der Waals surface area contributed by atoms with Gasteiger partial charge in [-0.1, -0.05) is 6.92 Å². The number of nitrogens with zero attached hydrogens (tertiary/aromatic N) is 2. The van der Waals surface area contributed by atoms with Gasteiger partial charge in [0, 0.05) is 39.1 Å². The largest absolute Gasteiger partial charge is 0.340 e. The van der Waals surface area contributed by atoms with Gasteiger partial charge in [-0.15, -0.1) is 24.8 Å². The second-order valence-corrected chi connectivity index (χ2v) is 7.39. The molecule has 3 rings (SSSR count). The number of carbonyl (C=O) groups excluding carboxylic acids is 1. The van der Waals surface area contributed by atoms with E-state index in [4.69, 9.17) is 0 Å². The van der Waals surface area contributed by atoms with Gasteiger partial charge >= 0.3 is 0 Å². The number of nitrogens with one attached hydrogen (secondary N) is 1. The third-order valence-electron chi connectivity index (χ3n) is 5.62. The van der Waals surface area contributed by atoms with Gasteiger partial charge in [0.1, 0.15) is 0 Å². The lowest BCUT2D eigenvalue weighted by atomic mass is 9.84. The van der Waals surface area contributed by atoms with Gasteiger partial charge in [0.15, 0.2) is 0 Å². The third kappa shape index (κ3) is 6.41. The molecule has 0 aromatic heterocycles. The molecular weight excluding hydrogens is 333 g/mol. The molecule has 2 aliphatic heterocycles. The Bertz CT molecular complexity index is 352. The van der Waals surface area contributed by atoms with Crippen molar-refractivity contribution in [3.8, 4) is 0 Å². The highest BCUT2D eigenvalue weighted by atomic mass is 35.5. The SMILES string of the molecule is CC(CC(=O)N1CCN(CC2CC2)CC1)C1CCNCC1.Cl.Cl. The van der Waals surface area contributed by atoms with Crippen LogP contribution in [-0.4, -0.2) is 61.5 Å². The molecule has 0 spiro atoms. The molecule has 4 nitrogen and oxygen atoms in total. The third-order valence-corrected chi connectivity index (χ3v) is 5.62. The molecule has 2 saturated heterocycles. The van der Waals surface area contributed by atoms with E-state index >= 15 is 0 Å². The summed E-state index contributed by atoms with van der Waals surface area (Å²) in [5.41, 5.74) is 0. The van der Waals surface area contributed by atoms with E-state index in [-0.39, 0.29) is 24.8 Å². The summed E-state index contributed by atoms with van der Waals surface area (Å²) >= 11 is 0. The molecule has 136 valence electrons. The van der Waals surface area contributed by atoms with E-state index in [0.29, 0.717) is 11.8 Å². The van der Waals surface area contributed by atoms with Gasteiger partial charge in [0.25, 0.3) is 0 Å². The molecule has 3 fully saturated rings. The van der Waals surface area contributed by atoms with E-state index in [0.717, 1.165) is 57.5 Å². The Morgan fingerprint density at radius 1 is 1.04 bits per heavy atom. The van der Waals surface area contributed by atoms with Gasteiger partial charge in [0.05, 0.1) is 0 Å². The van der Waals surface area contributed by atoms with Gasteiger partial charge in [-0.2, -0.15) is 0 Å². The number of carbonyl (C=O) groups is 1. The van der Waals surface area contributed by atoms with E-state index < -0.39 is 0 Å². The van der Waals surface area contributed by atoms with Crippen molar-refractivity contribution in [3.05, 3.63) is 0 Å². The van der Waals surface area contributed by atoms with Crippen molar-refractivity contribution in [2.24, 2.45) is 17.8 Å². The van der Waals surface area contributed by atoms with Crippen LogP contribution in [0.5, 0.6) is 0 Å². The number of piperazine rings is 1. The van der Waals surface area contributed by atoms with Crippen LogP contribution in [0.25, 0.3) is 0 Å². The summed E-state index contributed by atoms with van der Waals surface area (Å²) in [5, 5.41) is 3.41. The van der Waals surface area contributed by atoms with Gasteiger partial charge in [-0.25, -0.2) is 0 Å². The van der Waals surface area contributed by atoms with Crippen LogP contribution >= 0.6 is 24.8 Å². The van der Waals surface area contributed by atoms with Crippen molar-refractivity contribution in [1.82, 2.24) is 15.1 Å². The van der Waals surface area contributed by atoms with E-state index in [1.807, 2.05) is 0 Å². The fraction of sp³-hybridized carbons (Fsp3) is 0.941. The van der Waals surface area contributed by atoms with Crippen LogP contribution in [0.15, 0.2) is 0 Å². The Hall–Kier alpha value is -0.0300. The minimum absolute atomic E-state index is 0. The summed E-state index contributed by atoms with van der Waals surface area (Å²) in [4.78, 5) is 17.1. The van der Waals surface area contributed by atoms with Crippen LogP contribution in [0.2, 0.25) is 0 Å². The quantitative estimate of drug-likeness (QED) is 0.812. The molecule has 1 saturated carbocycles. The lowest BCUT2D eigenvalue weighted by Gasteiger charge is -2.36. The predicted molar refractivity (Wildman–Crippen MR) is 99.6 cm³/mol. The van der Waals surface area contributed by atoms with E-state index in [1.54, 1.807) is 0 Å². The fourth-order valence-corrected chi connectivity index (χ4v) is 3.83. The molecule has 0 aromatic rings. The van der Waals surface area contributed by atoms with Crippen LogP contribution < -0.4 is 5.32 Å². The smallest absolute Gasteiger partial charge is 0.222 e. The number of hydrogen-bond donors (Lipinski definition) is 1. The minimum atomic E-state index is 0. The molecule has 1 amide bonds. The highest BCUT2D eigenvalue weighted by Crippen LogP contribution is 2.30. The van der Waals surface area contributed by atoms with Crippen LogP contribution in [0.3, 0.4) is 0 Å². The van der Waals surface area contributed by atoms with E-state index in [2.05, 4.69) is 22.0 Å². The first-order valence-corrected chi connectivity index (χ1v) is 8.93. The van der Waals surface area contributed by atoms with Crippen molar-refractivity contribution in [2.75, 3.05) is 45.8 Å². The fourth-order valence-electron chi connectivity index (χ4n) is 3.83. The standard InChI is InChI=1S/C17H31N3O.2ClH/c1-14(16-4-6-18-7-5-16)12-17(21)20-10-8-19(9-11-20)13-15-2-3-15;;/h14-16,18H,2-13H2,1H3;2*1H. The first-order valence-electron chi connectivity index (χ1n) is 8.93. The summed E-state index contributed by atoms with van der Waals surface area (Å²) in [7, 11) is 0. The molecule has 23 heavy (non-hydrogen) atoms. The Morgan fingerprint density at radius 3 is 2.22 bits per heavy atom. The maximum atomic E-state index is 12.5. The summed E-state index contributed by atoms with van der Waals surface area (Å²) in [6.45, 7) is 9.87. The van der Waals surface area contributed by atoms with Crippen molar-refractivity contribution in [3.63, 3.8) is 0 Å². The van der Waals surface area contributed by atoms with E-state index in [1.165, 1.54) is 32.2 Å². The molecule has 1 unspecified atom stereocenters. The van der Waals surface area contributed by atoms with Gasteiger partial charge in [-0.3, -0.25) is 9.69 Å². The first-order chi connectivity index (χ1) is 10.2. The molecule has 3 aliphatic rings. The second kappa shape index (κ2) is 10.1. The van der Waals surface area contributed by atoms with Crippen molar-refractivity contribution in [2.45, 2.75) is 39.0 Å². The van der Waals surface area contributed by atoms with Crippen LogP contribution in [0, 0.1) is 17.8 Å². The molecule has 0 bridgehead atoms. The zero-order chi connectivity index (χ0) is 14.7. The van der Waals surface area contributed by atoms with E-state index in [9.17, 15) is 4.79 Å². The zero-order valence-electron chi connectivity index (χ0n) is 14.3. The topological polar surface area (TPSA) is 35.6 Å². The average molecular weight is 366 g/mol. The molecule has 1 aliphatic carbocycles. The zero-order valence-corrected chi connectivity index (χ0v) is 16.0. The Labute approximate surface area is 153 Å². The van der Waals surface area contributed by atoms with Crippen molar-refractivity contribution < 1.29 is 4.79 Å². The summed E-state index contributed by atoms with van der Waals surface area (Å²) < 4.78 is 0. The maximum Gasteiger partial charge on any atom is 0.222 e. The molecule has 2 heterocycles. The summed E-state index contributed by atoms with van der Waals surface area (Å²) in [6.07, 6.45) is 6.08. The Kier molecular flexibility index (Phi) is 9.20. The Balaban J connectivity index is 0.00000132. The number of hydrogen-bond acceptors (Lipinski definition) is 3. The monoisotopic (exact) mass is 365 g/mol. The Morgan fingerprint density at radius 2 is 1.65 bits per heavy atom. The molecule has 0 radical (unpaired) electrons. The number of amides is 1. The van der Waals surface area contributed by atoms with Crippen LogP contribution in [0.1, 0.15) is 39.0 Å². The predicted octanol–water partition coefficient (Wildman–Crippen LogP) is 2.41. The molecule has 1 atom stereocenters. The van der Waals surface area contributed by atoms with Crippen molar-refractivity contribution >= 4 is 30.7 Å². The van der Waals surface area contributed by atoms with Crippen LogP contribution in [0.4, 0.5) is 0 Å². The number of piperidine rings is 1. The lowest BCUT2D eigenvalue weighted by Crippen LogP contribution is -2.49. The molecular formula is C17H33Cl2N3O. The van der Waals surface area contributed by atoms with Crippen LogP contribution in [-0.2, 0) is 4.79 Å². The minimum Gasteiger partial charge on any atom is -0.340 e. The highest BCUT2D eigenvalue weighted by molar-refractivity contribution is 5.85. The highest BCUT2D eigenvalue weighted by Gasteiger charge is 2.29. The summed E-state index contributed by atoms with van der Waals surface area (Å²) in [5.74, 6) is 2.65. The molecule has 0 aromatic carbocycles. The second-order valence-electron chi connectivity index (χ2n) is 7.39. The molecule has 6 heteroatoms. The lowest BCUT2D eigenvalue weighted by molar-refractivity contribution is -0.134. The number of halogens is 2. The van der Waals surface area contributed by atoms with Gasteiger partial charge in [0.2, 0.25) is 5.91 Å². The number of rotatable bonds is 5. The summed E-state index contributed by atoms with van der Waals surface area (Å²) in [6, 6.07) is 0. The van der Waals surface area contributed by atoms with Crippen molar-refractivity contribution in [1.29, 1.82) is 0 Å². The normalized spacial score (nSPS) is 24.5.